The van der Waals surface area contributed by atoms with E-state index in [1.165, 1.54) is 17.8 Å². The molecule has 114 valence electrons. The number of pyridine rings is 1. The number of halogens is 1. The summed E-state index contributed by atoms with van der Waals surface area (Å²) in [6.07, 6.45) is 3.77. The third-order valence-electron chi connectivity index (χ3n) is 3.71. The van der Waals surface area contributed by atoms with E-state index in [0.717, 1.165) is 31.0 Å². The summed E-state index contributed by atoms with van der Waals surface area (Å²) in [5.41, 5.74) is 1.28. The van der Waals surface area contributed by atoms with Gasteiger partial charge in [0, 0.05) is 25.0 Å². The number of hydrogen-bond acceptors (Lipinski definition) is 3. The molecule has 1 aliphatic heterocycles. The van der Waals surface area contributed by atoms with Gasteiger partial charge < -0.3 is 4.90 Å². The second-order valence-corrected chi connectivity index (χ2v) is 6.26. The van der Waals surface area contributed by atoms with Crippen LogP contribution in [0.5, 0.6) is 0 Å². The predicted molar refractivity (Wildman–Crippen MR) is 85.3 cm³/mol. The number of hydrogen-bond donors (Lipinski definition) is 0. The largest absolute Gasteiger partial charge is 0.339 e. The van der Waals surface area contributed by atoms with Crippen molar-refractivity contribution in [3.63, 3.8) is 0 Å². The zero-order chi connectivity index (χ0) is 15.4. The van der Waals surface area contributed by atoms with Crippen LogP contribution in [0, 0.1) is 5.82 Å². The molecular formula is C17H17FN2OS. The van der Waals surface area contributed by atoms with Gasteiger partial charge in [0.1, 0.15) is 5.82 Å². The Morgan fingerprint density at radius 3 is 2.64 bits per heavy atom. The lowest BCUT2D eigenvalue weighted by Gasteiger charge is -2.14. The Morgan fingerprint density at radius 1 is 1.18 bits per heavy atom. The van der Waals surface area contributed by atoms with E-state index in [9.17, 15) is 9.18 Å². The third-order valence-corrected chi connectivity index (χ3v) is 4.70. The summed E-state index contributed by atoms with van der Waals surface area (Å²) >= 11 is 1.46. The molecule has 1 aromatic carbocycles. The summed E-state index contributed by atoms with van der Waals surface area (Å²) in [6.45, 7) is 1.67. The van der Waals surface area contributed by atoms with E-state index in [0.29, 0.717) is 16.9 Å². The number of likely N-dealkylation sites (tertiary alicyclic amines) is 1. The van der Waals surface area contributed by atoms with Gasteiger partial charge >= 0.3 is 0 Å². The van der Waals surface area contributed by atoms with E-state index >= 15 is 0 Å². The highest BCUT2D eigenvalue weighted by Crippen LogP contribution is 2.23. The van der Waals surface area contributed by atoms with Crippen LogP contribution in [0.4, 0.5) is 4.39 Å². The number of amides is 1. The lowest BCUT2D eigenvalue weighted by Crippen LogP contribution is -2.27. The molecule has 3 rings (SSSR count). The first kappa shape index (κ1) is 15.0. The smallest absolute Gasteiger partial charge is 0.255 e. The Labute approximate surface area is 133 Å². The van der Waals surface area contributed by atoms with Gasteiger partial charge in [-0.25, -0.2) is 9.37 Å². The molecule has 22 heavy (non-hydrogen) atoms. The van der Waals surface area contributed by atoms with Crippen LogP contribution >= 0.6 is 11.8 Å². The van der Waals surface area contributed by atoms with Crippen LogP contribution in [0.2, 0.25) is 0 Å². The molecule has 0 N–H and O–H groups in total. The average molecular weight is 316 g/mol. The van der Waals surface area contributed by atoms with Crippen molar-refractivity contribution >= 4 is 17.7 Å². The molecular weight excluding hydrogens is 299 g/mol. The maximum Gasteiger partial charge on any atom is 0.255 e. The number of carbonyl (C=O) groups excluding carboxylic acids is 1. The minimum Gasteiger partial charge on any atom is -0.339 e. The molecule has 0 saturated carbocycles. The van der Waals surface area contributed by atoms with Crippen molar-refractivity contribution in [3.05, 3.63) is 59.5 Å². The highest BCUT2D eigenvalue weighted by atomic mass is 32.2. The number of aromatic nitrogens is 1. The molecule has 5 heteroatoms. The first-order chi connectivity index (χ1) is 10.7. The normalized spacial score (nSPS) is 14.3. The van der Waals surface area contributed by atoms with Crippen molar-refractivity contribution in [2.45, 2.75) is 23.6 Å². The van der Waals surface area contributed by atoms with E-state index in [4.69, 9.17) is 0 Å². The Balaban J connectivity index is 1.62. The molecule has 0 radical (unpaired) electrons. The van der Waals surface area contributed by atoms with Crippen LogP contribution in [0.25, 0.3) is 0 Å². The summed E-state index contributed by atoms with van der Waals surface area (Å²) in [6, 6.07) is 10.4. The molecule has 2 aromatic rings. The van der Waals surface area contributed by atoms with Crippen molar-refractivity contribution in [1.29, 1.82) is 0 Å². The summed E-state index contributed by atoms with van der Waals surface area (Å²) in [4.78, 5) is 18.4. The Bertz CT molecular complexity index is 654. The van der Waals surface area contributed by atoms with Crippen LogP contribution in [0.15, 0.2) is 47.6 Å². The SMILES string of the molecule is O=C(c1ccc(SCc2ccccc2F)nc1)N1CCCC1. The van der Waals surface area contributed by atoms with Crippen LogP contribution in [-0.4, -0.2) is 28.9 Å². The Kier molecular flexibility index (Phi) is 4.73. The molecule has 2 heterocycles. The molecule has 1 aliphatic rings. The lowest BCUT2D eigenvalue weighted by molar-refractivity contribution is 0.0792. The van der Waals surface area contributed by atoms with E-state index in [2.05, 4.69) is 4.98 Å². The molecule has 1 aromatic heterocycles. The fourth-order valence-electron chi connectivity index (χ4n) is 2.46. The van der Waals surface area contributed by atoms with Gasteiger partial charge in [-0.1, -0.05) is 18.2 Å². The van der Waals surface area contributed by atoms with Crippen LogP contribution in [0.3, 0.4) is 0 Å². The van der Waals surface area contributed by atoms with Gasteiger partial charge in [0.25, 0.3) is 5.91 Å². The average Bonchev–Trinajstić information content (AvgIpc) is 3.08. The number of nitrogens with zero attached hydrogens (tertiary/aromatic N) is 2. The van der Waals surface area contributed by atoms with Gasteiger partial charge in [0.15, 0.2) is 0 Å². The van der Waals surface area contributed by atoms with Crippen molar-refractivity contribution in [2.75, 3.05) is 13.1 Å². The highest BCUT2D eigenvalue weighted by Gasteiger charge is 2.19. The zero-order valence-electron chi connectivity index (χ0n) is 12.2. The minimum absolute atomic E-state index is 0.0515. The fourth-order valence-corrected chi connectivity index (χ4v) is 3.29. The van der Waals surface area contributed by atoms with Gasteiger partial charge in [-0.15, -0.1) is 11.8 Å². The van der Waals surface area contributed by atoms with Crippen molar-refractivity contribution in [2.24, 2.45) is 0 Å². The Hall–Kier alpha value is -1.88. The maximum absolute atomic E-state index is 13.6. The predicted octanol–water partition coefficient (Wildman–Crippen LogP) is 3.75. The molecule has 1 amide bonds. The summed E-state index contributed by atoms with van der Waals surface area (Å²) in [5.74, 6) is 0.380. The molecule has 0 unspecified atom stereocenters. The van der Waals surface area contributed by atoms with E-state index in [1.807, 2.05) is 17.0 Å². The fraction of sp³-hybridized carbons (Fsp3) is 0.294. The summed E-state index contributed by atoms with van der Waals surface area (Å²) in [7, 11) is 0. The quantitative estimate of drug-likeness (QED) is 0.806. The molecule has 1 fully saturated rings. The lowest BCUT2D eigenvalue weighted by atomic mass is 10.2. The van der Waals surface area contributed by atoms with Crippen molar-refractivity contribution < 1.29 is 9.18 Å². The second-order valence-electron chi connectivity index (χ2n) is 5.26. The topological polar surface area (TPSA) is 33.2 Å². The molecule has 0 bridgehead atoms. The summed E-state index contributed by atoms with van der Waals surface area (Å²) in [5, 5.41) is 0.793. The van der Waals surface area contributed by atoms with Crippen LogP contribution in [0.1, 0.15) is 28.8 Å². The number of thioether (sulfide) groups is 1. The van der Waals surface area contributed by atoms with Gasteiger partial charge in [-0.05, 0) is 36.6 Å². The first-order valence-electron chi connectivity index (χ1n) is 7.35. The molecule has 3 nitrogen and oxygen atoms in total. The zero-order valence-corrected chi connectivity index (χ0v) is 13.0. The summed E-state index contributed by atoms with van der Waals surface area (Å²) < 4.78 is 13.6. The maximum atomic E-state index is 13.6. The van der Waals surface area contributed by atoms with Gasteiger partial charge in [-0.2, -0.15) is 0 Å². The Morgan fingerprint density at radius 2 is 1.95 bits per heavy atom. The third kappa shape index (κ3) is 3.47. The minimum atomic E-state index is -0.198. The molecule has 0 aliphatic carbocycles. The number of carbonyl (C=O) groups is 1. The molecule has 1 saturated heterocycles. The van der Waals surface area contributed by atoms with E-state index in [1.54, 1.807) is 24.4 Å². The number of benzene rings is 1. The van der Waals surface area contributed by atoms with Crippen molar-refractivity contribution in [3.8, 4) is 0 Å². The molecule has 0 spiro atoms. The van der Waals surface area contributed by atoms with E-state index < -0.39 is 0 Å². The monoisotopic (exact) mass is 316 g/mol. The standard InChI is InChI=1S/C17H17FN2OS/c18-15-6-2-1-5-14(15)12-22-16-8-7-13(11-19-16)17(21)20-9-3-4-10-20/h1-2,5-8,11H,3-4,9-10,12H2. The number of rotatable bonds is 4. The second kappa shape index (κ2) is 6.92. The van der Waals surface area contributed by atoms with E-state index in [-0.39, 0.29) is 11.7 Å². The highest BCUT2D eigenvalue weighted by molar-refractivity contribution is 7.98. The van der Waals surface area contributed by atoms with Crippen LogP contribution < -0.4 is 0 Å². The molecule has 0 atom stereocenters. The van der Waals surface area contributed by atoms with Gasteiger partial charge in [0.05, 0.1) is 10.6 Å². The van der Waals surface area contributed by atoms with Gasteiger partial charge in [0.2, 0.25) is 0 Å². The van der Waals surface area contributed by atoms with Crippen LogP contribution in [-0.2, 0) is 5.75 Å². The first-order valence-corrected chi connectivity index (χ1v) is 8.34. The van der Waals surface area contributed by atoms with Gasteiger partial charge in [-0.3, -0.25) is 4.79 Å². The van der Waals surface area contributed by atoms with Crippen molar-refractivity contribution in [1.82, 2.24) is 9.88 Å².